The maximum Gasteiger partial charge on any atom is 0.256 e. The highest BCUT2D eigenvalue weighted by atomic mass is 16.1. The monoisotopic (exact) mass is 326 g/mol. The van der Waals surface area contributed by atoms with Crippen LogP contribution in [0, 0.1) is 11.8 Å². The molecule has 2 aromatic heterocycles. The average Bonchev–Trinajstić information content (AvgIpc) is 3.01. The first kappa shape index (κ1) is 15.6. The van der Waals surface area contributed by atoms with Crippen molar-refractivity contribution in [2.24, 2.45) is 11.8 Å². The fourth-order valence-corrected chi connectivity index (χ4v) is 4.25. The number of amides is 1. The van der Waals surface area contributed by atoms with Gasteiger partial charge in [0.25, 0.3) is 5.91 Å². The molecule has 2 aliphatic rings. The third kappa shape index (κ3) is 2.70. The Bertz CT molecular complexity index is 766. The van der Waals surface area contributed by atoms with E-state index in [1.807, 2.05) is 10.7 Å². The Hall–Kier alpha value is -1.91. The molecule has 0 aliphatic heterocycles. The molecule has 0 aromatic carbocycles. The van der Waals surface area contributed by atoms with E-state index in [9.17, 15) is 4.79 Å². The zero-order valence-electron chi connectivity index (χ0n) is 14.6. The van der Waals surface area contributed by atoms with Crippen molar-refractivity contribution in [3.8, 4) is 0 Å². The van der Waals surface area contributed by atoms with Crippen LogP contribution in [0.4, 0.5) is 0 Å². The molecule has 0 radical (unpaired) electrons. The molecule has 24 heavy (non-hydrogen) atoms. The van der Waals surface area contributed by atoms with Gasteiger partial charge in [0, 0.05) is 17.9 Å². The second-order valence-electron chi connectivity index (χ2n) is 7.71. The Morgan fingerprint density at radius 1 is 1.21 bits per heavy atom. The molecular weight excluding hydrogens is 300 g/mol. The number of rotatable bonds is 2. The third-order valence-corrected chi connectivity index (χ3v) is 5.83. The summed E-state index contributed by atoms with van der Waals surface area (Å²) in [6, 6.07) is 0.277. The van der Waals surface area contributed by atoms with E-state index < -0.39 is 0 Å². The van der Waals surface area contributed by atoms with Crippen molar-refractivity contribution in [3.63, 3.8) is 0 Å². The fraction of sp³-hybridized carbons (Fsp3) is 0.632. The zero-order valence-corrected chi connectivity index (χ0v) is 14.6. The highest BCUT2D eigenvalue weighted by Gasteiger charge is 2.26. The number of nitrogens with one attached hydrogen (secondary N) is 1. The number of hydrogen-bond acceptors (Lipinski definition) is 3. The van der Waals surface area contributed by atoms with Gasteiger partial charge < -0.3 is 5.32 Å². The van der Waals surface area contributed by atoms with Crippen molar-refractivity contribution in [1.29, 1.82) is 0 Å². The summed E-state index contributed by atoms with van der Waals surface area (Å²) in [5.74, 6) is 1.22. The Morgan fingerprint density at radius 2 is 2.04 bits per heavy atom. The zero-order chi connectivity index (χ0) is 16.7. The summed E-state index contributed by atoms with van der Waals surface area (Å²) in [6.07, 6.45) is 11.6. The Morgan fingerprint density at radius 3 is 2.88 bits per heavy atom. The molecule has 0 unspecified atom stereocenters. The maximum atomic E-state index is 12.7. The second kappa shape index (κ2) is 6.19. The predicted octanol–water partition coefficient (Wildman–Crippen LogP) is 3.16. The van der Waals surface area contributed by atoms with E-state index in [0.29, 0.717) is 23.0 Å². The molecule has 2 aromatic rings. The van der Waals surface area contributed by atoms with Gasteiger partial charge in [0.05, 0.1) is 6.20 Å². The Balaban J connectivity index is 1.62. The van der Waals surface area contributed by atoms with E-state index in [-0.39, 0.29) is 11.9 Å². The lowest BCUT2D eigenvalue weighted by Crippen LogP contribution is -2.41. The first-order valence-electron chi connectivity index (χ1n) is 9.29. The topological polar surface area (TPSA) is 59.3 Å². The molecule has 2 heterocycles. The average molecular weight is 326 g/mol. The molecule has 3 atom stereocenters. The van der Waals surface area contributed by atoms with Crippen LogP contribution in [0.15, 0.2) is 12.4 Å². The van der Waals surface area contributed by atoms with E-state index in [2.05, 4.69) is 29.2 Å². The van der Waals surface area contributed by atoms with Crippen molar-refractivity contribution in [2.75, 3.05) is 0 Å². The van der Waals surface area contributed by atoms with Gasteiger partial charge in [-0.25, -0.2) is 9.50 Å². The minimum Gasteiger partial charge on any atom is -0.349 e. The SMILES string of the molecule is C[C@@H]1CCc2c(cnc3c(C(=O)N[C@@H]4CCCC[C@@H]4C)cnn23)C1. The molecule has 0 bridgehead atoms. The van der Waals surface area contributed by atoms with Crippen LogP contribution in [-0.4, -0.2) is 26.5 Å². The molecule has 5 heteroatoms. The fourth-order valence-electron chi connectivity index (χ4n) is 4.25. The third-order valence-electron chi connectivity index (χ3n) is 5.83. The molecule has 1 saturated carbocycles. The number of nitrogens with zero attached hydrogens (tertiary/aromatic N) is 3. The van der Waals surface area contributed by atoms with Gasteiger partial charge in [-0.1, -0.05) is 26.7 Å². The van der Waals surface area contributed by atoms with Crippen LogP contribution >= 0.6 is 0 Å². The summed E-state index contributed by atoms with van der Waals surface area (Å²) in [4.78, 5) is 17.3. The second-order valence-corrected chi connectivity index (χ2v) is 7.71. The minimum atomic E-state index is -0.0274. The maximum absolute atomic E-state index is 12.7. The standard InChI is InChI=1S/C19H26N4O/c1-12-7-8-17-14(9-12)10-20-18-15(11-21-23(17)18)19(24)22-16-6-4-3-5-13(16)2/h10-13,16H,3-9H2,1-2H3,(H,22,24)/t12-,13+,16-/m1/s1. The van der Waals surface area contributed by atoms with E-state index in [1.165, 1.54) is 36.9 Å². The largest absolute Gasteiger partial charge is 0.349 e. The van der Waals surface area contributed by atoms with E-state index in [1.54, 1.807) is 6.20 Å². The van der Waals surface area contributed by atoms with Gasteiger partial charge in [-0.15, -0.1) is 0 Å². The first-order chi connectivity index (χ1) is 11.6. The van der Waals surface area contributed by atoms with Crippen LogP contribution in [0.25, 0.3) is 5.65 Å². The van der Waals surface area contributed by atoms with Crippen molar-refractivity contribution in [3.05, 3.63) is 29.2 Å². The number of fused-ring (bicyclic) bond motifs is 3. The number of aryl methyl sites for hydroxylation is 1. The molecule has 4 rings (SSSR count). The molecule has 5 nitrogen and oxygen atoms in total. The molecule has 1 fully saturated rings. The first-order valence-corrected chi connectivity index (χ1v) is 9.29. The predicted molar refractivity (Wildman–Crippen MR) is 93.1 cm³/mol. The van der Waals surface area contributed by atoms with Crippen molar-refractivity contribution in [2.45, 2.75) is 64.8 Å². The smallest absolute Gasteiger partial charge is 0.256 e. The summed E-state index contributed by atoms with van der Waals surface area (Å²) in [6.45, 7) is 4.51. The number of carbonyl (C=O) groups excluding carboxylic acids is 1. The molecule has 0 saturated heterocycles. The summed E-state index contributed by atoms with van der Waals surface area (Å²) < 4.78 is 1.89. The summed E-state index contributed by atoms with van der Waals surface area (Å²) >= 11 is 0. The van der Waals surface area contributed by atoms with Crippen molar-refractivity contribution in [1.82, 2.24) is 19.9 Å². The van der Waals surface area contributed by atoms with Gasteiger partial charge in [0.15, 0.2) is 5.65 Å². The Labute approximate surface area is 142 Å². The van der Waals surface area contributed by atoms with Crippen molar-refractivity contribution >= 4 is 11.6 Å². The molecule has 1 amide bonds. The highest BCUT2D eigenvalue weighted by molar-refractivity contribution is 5.99. The van der Waals surface area contributed by atoms with Gasteiger partial charge in [-0.3, -0.25) is 4.79 Å². The summed E-state index contributed by atoms with van der Waals surface area (Å²) in [5.41, 5.74) is 3.80. The molecular formula is C19H26N4O. The van der Waals surface area contributed by atoms with Gasteiger partial charge in [0.2, 0.25) is 0 Å². The van der Waals surface area contributed by atoms with Crippen LogP contribution < -0.4 is 5.32 Å². The lowest BCUT2D eigenvalue weighted by molar-refractivity contribution is 0.0911. The van der Waals surface area contributed by atoms with Crippen LogP contribution in [0.5, 0.6) is 0 Å². The molecule has 2 aliphatic carbocycles. The van der Waals surface area contributed by atoms with Crippen LogP contribution in [0.3, 0.4) is 0 Å². The number of aromatic nitrogens is 3. The lowest BCUT2D eigenvalue weighted by Gasteiger charge is -2.29. The van der Waals surface area contributed by atoms with Crippen molar-refractivity contribution < 1.29 is 4.79 Å². The molecule has 128 valence electrons. The minimum absolute atomic E-state index is 0.0274. The summed E-state index contributed by atoms with van der Waals surface area (Å²) in [5, 5.41) is 7.70. The van der Waals surface area contributed by atoms with Gasteiger partial charge in [-0.05, 0) is 49.5 Å². The van der Waals surface area contributed by atoms with Crippen LogP contribution in [-0.2, 0) is 12.8 Å². The molecule has 1 N–H and O–H groups in total. The van der Waals surface area contributed by atoms with E-state index in [0.717, 1.165) is 19.3 Å². The van der Waals surface area contributed by atoms with Crippen LogP contribution in [0.1, 0.15) is 67.6 Å². The van der Waals surface area contributed by atoms with Gasteiger partial charge >= 0.3 is 0 Å². The molecule has 0 spiro atoms. The summed E-state index contributed by atoms with van der Waals surface area (Å²) in [7, 11) is 0. The number of hydrogen-bond donors (Lipinski definition) is 1. The number of carbonyl (C=O) groups is 1. The normalized spacial score (nSPS) is 27.0. The van der Waals surface area contributed by atoms with Gasteiger partial charge in [0.1, 0.15) is 5.56 Å². The van der Waals surface area contributed by atoms with Crippen LogP contribution in [0.2, 0.25) is 0 Å². The van der Waals surface area contributed by atoms with E-state index >= 15 is 0 Å². The highest BCUT2D eigenvalue weighted by Crippen LogP contribution is 2.27. The Kier molecular flexibility index (Phi) is 4.02. The van der Waals surface area contributed by atoms with Gasteiger partial charge in [-0.2, -0.15) is 5.10 Å². The van der Waals surface area contributed by atoms with E-state index in [4.69, 9.17) is 0 Å². The quantitative estimate of drug-likeness (QED) is 0.922. The lowest BCUT2D eigenvalue weighted by atomic mass is 9.86.